The Morgan fingerprint density at radius 1 is 1.64 bits per heavy atom. The highest BCUT2D eigenvalue weighted by Gasteiger charge is 2.12. The van der Waals surface area contributed by atoms with Crippen LogP contribution < -0.4 is 0 Å². The number of hydrogen-bond acceptors (Lipinski definition) is 2. The number of fused-ring (bicyclic) bond motifs is 1. The van der Waals surface area contributed by atoms with Gasteiger partial charge in [-0.25, -0.2) is 4.98 Å². The fourth-order valence-electron chi connectivity index (χ4n) is 1.36. The van der Waals surface area contributed by atoms with Gasteiger partial charge < -0.3 is 4.98 Å². The molecular weight excluding hydrogens is 200 g/mol. The molecule has 0 aromatic carbocycles. The maximum Gasteiger partial charge on any atom is 0.165 e. The van der Waals surface area contributed by atoms with Crippen molar-refractivity contribution in [2.45, 2.75) is 13.3 Å². The van der Waals surface area contributed by atoms with E-state index in [1.165, 1.54) is 6.20 Å². The average Bonchev–Trinajstić information content (AvgIpc) is 2.66. The first-order valence-electron chi connectivity index (χ1n) is 4.38. The summed E-state index contributed by atoms with van der Waals surface area (Å²) in [6, 6.07) is 1.82. The molecule has 0 aliphatic carbocycles. The Labute approximate surface area is 86.1 Å². The van der Waals surface area contributed by atoms with Crippen molar-refractivity contribution in [1.82, 2.24) is 9.97 Å². The molecule has 0 aliphatic rings. The lowest BCUT2D eigenvalue weighted by molar-refractivity contribution is 0.0988. The highest BCUT2D eigenvalue weighted by Crippen LogP contribution is 2.25. The Balaban J connectivity index is 2.67. The lowest BCUT2D eigenvalue weighted by atomic mass is 10.1. The van der Waals surface area contributed by atoms with Gasteiger partial charge in [-0.15, -0.1) is 0 Å². The number of halogens is 1. The Bertz CT molecular complexity index is 490. The molecule has 2 aromatic heterocycles. The third-order valence-corrected chi connectivity index (χ3v) is 2.55. The molecule has 0 aliphatic heterocycles. The van der Waals surface area contributed by atoms with Gasteiger partial charge >= 0.3 is 0 Å². The number of aromatic nitrogens is 2. The number of nitrogens with one attached hydrogen (secondary N) is 1. The number of rotatable bonds is 2. The molecule has 3 nitrogen and oxygen atoms in total. The van der Waals surface area contributed by atoms with Crippen molar-refractivity contribution in [3.63, 3.8) is 0 Å². The second-order valence-electron chi connectivity index (χ2n) is 3.00. The van der Waals surface area contributed by atoms with Gasteiger partial charge in [-0.05, 0) is 6.07 Å². The molecule has 2 aromatic rings. The molecular formula is C10H9ClN2O. The summed E-state index contributed by atoms with van der Waals surface area (Å²) in [7, 11) is 0. The number of aromatic amines is 1. The number of hydrogen-bond donors (Lipinski definition) is 1. The van der Waals surface area contributed by atoms with Crippen LogP contribution in [0.3, 0.4) is 0 Å². The molecule has 0 bridgehead atoms. The van der Waals surface area contributed by atoms with Crippen molar-refractivity contribution in [3.05, 3.63) is 29.0 Å². The van der Waals surface area contributed by atoms with Crippen molar-refractivity contribution in [1.29, 1.82) is 0 Å². The van der Waals surface area contributed by atoms with Gasteiger partial charge in [0.25, 0.3) is 0 Å². The van der Waals surface area contributed by atoms with Gasteiger partial charge in [0, 0.05) is 24.2 Å². The third kappa shape index (κ3) is 1.30. The largest absolute Gasteiger partial charge is 0.346 e. The minimum absolute atomic E-state index is 0.0191. The van der Waals surface area contributed by atoms with E-state index in [9.17, 15) is 4.79 Å². The summed E-state index contributed by atoms with van der Waals surface area (Å²) >= 11 is 6.08. The van der Waals surface area contributed by atoms with Crippen molar-refractivity contribution >= 4 is 28.4 Å². The van der Waals surface area contributed by atoms with E-state index in [1.54, 1.807) is 13.1 Å². The predicted molar refractivity (Wildman–Crippen MR) is 55.7 cm³/mol. The summed E-state index contributed by atoms with van der Waals surface area (Å²) in [6.07, 6.45) is 3.72. The molecule has 0 spiro atoms. The van der Waals surface area contributed by atoms with Gasteiger partial charge in [-0.1, -0.05) is 18.5 Å². The molecule has 0 atom stereocenters. The maximum absolute atomic E-state index is 11.5. The molecule has 0 saturated carbocycles. The van der Waals surface area contributed by atoms with Crippen LogP contribution in [0.15, 0.2) is 18.5 Å². The van der Waals surface area contributed by atoms with Gasteiger partial charge in [-0.2, -0.15) is 0 Å². The van der Waals surface area contributed by atoms with Crippen LogP contribution in [0, 0.1) is 0 Å². The summed E-state index contributed by atoms with van der Waals surface area (Å²) in [5.74, 6) is 0.0191. The number of carbonyl (C=O) groups excluding carboxylic acids is 1. The quantitative estimate of drug-likeness (QED) is 0.772. The molecule has 0 unspecified atom stereocenters. The minimum Gasteiger partial charge on any atom is -0.346 e. The first kappa shape index (κ1) is 9.21. The molecule has 1 N–H and O–H groups in total. The molecule has 2 rings (SSSR count). The van der Waals surface area contributed by atoms with Gasteiger partial charge in [-0.3, -0.25) is 4.79 Å². The number of carbonyl (C=O) groups is 1. The fourth-order valence-corrected chi connectivity index (χ4v) is 1.67. The van der Waals surface area contributed by atoms with Crippen LogP contribution in [0.5, 0.6) is 0 Å². The lowest BCUT2D eigenvalue weighted by Crippen LogP contribution is -1.98. The van der Waals surface area contributed by atoms with E-state index in [0.717, 1.165) is 5.39 Å². The molecule has 72 valence electrons. The number of nitrogens with zero attached hydrogens (tertiary/aromatic N) is 1. The number of ketones is 1. The molecule has 4 heteroatoms. The summed E-state index contributed by atoms with van der Waals surface area (Å²) in [5, 5.41) is 1.29. The van der Waals surface area contributed by atoms with Gasteiger partial charge in [0.15, 0.2) is 5.78 Å². The number of Topliss-reactive ketones (excluding diaryl/α,β-unsaturated/α-hetero) is 1. The topological polar surface area (TPSA) is 45.8 Å². The lowest BCUT2D eigenvalue weighted by Gasteiger charge is -2.01. The van der Waals surface area contributed by atoms with Crippen LogP contribution in [0.4, 0.5) is 0 Å². The van der Waals surface area contributed by atoms with E-state index in [0.29, 0.717) is 22.7 Å². The van der Waals surface area contributed by atoms with E-state index in [-0.39, 0.29) is 5.78 Å². The Morgan fingerprint density at radius 3 is 3.14 bits per heavy atom. The van der Waals surface area contributed by atoms with Crippen LogP contribution in [-0.4, -0.2) is 15.8 Å². The standard InChI is InChI=1S/C10H9ClN2O/c1-2-8(14)7-5-13-10-6(9(7)11)3-4-12-10/h3-5H,2H2,1H3,(H,12,13). The zero-order valence-electron chi connectivity index (χ0n) is 7.67. The van der Waals surface area contributed by atoms with E-state index in [2.05, 4.69) is 9.97 Å². The van der Waals surface area contributed by atoms with Crippen LogP contribution in [0.1, 0.15) is 23.7 Å². The van der Waals surface area contributed by atoms with Crippen LogP contribution in [0.2, 0.25) is 5.02 Å². The fraction of sp³-hybridized carbons (Fsp3) is 0.200. The SMILES string of the molecule is CCC(=O)c1cnc2[nH]ccc2c1Cl. The third-order valence-electron chi connectivity index (χ3n) is 2.14. The zero-order chi connectivity index (χ0) is 10.1. The van der Waals surface area contributed by atoms with Crippen molar-refractivity contribution in [2.75, 3.05) is 0 Å². The highest BCUT2D eigenvalue weighted by atomic mass is 35.5. The summed E-state index contributed by atoms with van der Waals surface area (Å²) < 4.78 is 0. The number of H-pyrrole nitrogens is 1. The minimum atomic E-state index is 0.0191. The van der Waals surface area contributed by atoms with Gasteiger partial charge in [0.2, 0.25) is 0 Å². The second-order valence-corrected chi connectivity index (χ2v) is 3.38. The first-order chi connectivity index (χ1) is 6.74. The molecule has 0 saturated heterocycles. The van der Waals surface area contributed by atoms with Crippen LogP contribution >= 0.6 is 11.6 Å². The Kier molecular flexibility index (Phi) is 2.25. The van der Waals surface area contributed by atoms with Crippen LogP contribution in [0.25, 0.3) is 11.0 Å². The van der Waals surface area contributed by atoms with E-state index >= 15 is 0 Å². The number of pyridine rings is 1. The summed E-state index contributed by atoms with van der Waals surface area (Å²) in [6.45, 7) is 1.81. The summed E-state index contributed by atoms with van der Waals surface area (Å²) in [4.78, 5) is 18.5. The van der Waals surface area contributed by atoms with Crippen molar-refractivity contribution < 1.29 is 4.79 Å². The molecule has 0 amide bonds. The van der Waals surface area contributed by atoms with Crippen LogP contribution in [-0.2, 0) is 0 Å². The van der Waals surface area contributed by atoms with Crippen molar-refractivity contribution in [2.24, 2.45) is 0 Å². The predicted octanol–water partition coefficient (Wildman–Crippen LogP) is 2.81. The molecule has 2 heterocycles. The zero-order valence-corrected chi connectivity index (χ0v) is 8.43. The molecule has 0 fully saturated rings. The van der Waals surface area contributed by atoms with E-state index in [1.807, 2.05) is 6.07 Å². The first-order valence-corrected chi connectivity index (χ1v) is 4.76. The van der Waals surface area contributed by atoms with E-state index in [4.69, 9.17) is 11.6 Å². The average molecular weight is 209 g/mol. The monoisotopic (exact) mass is 208 g/mol. The second kappa shape index (κ2) is 3.42. The van der Waals surface area contributed by atoms with Gasteiger partial charge in [0.1, 0.15) is 5.65 Å². The highest BCUT2D eigenvalue weighted by molar-refractivity contribution is 6.38. The Hall–Kier alpha value is -1.35. The normalized spacial score (nSPS) is 10.7. The van der Waals surface area contributed by atoms with E-state index < -0.39 is 0 Å². The summed E-state index contributed by atoms with van der Waals surface area (Å²) in [5.41, 5.74) is 1.21. The molecule has 14 heavy (non-hydrogen) atoms. The van der Waals surface area contributed by atoms with Crippen molar-refractivity contribution in [3.8, 4) is 0 Å². The van der Waals surface area contributed by atoms with Gasteiger partial charge in [0.05, 0.1) is 10.6 Å². The maximum atomic E-state index is 11.5. The Morgan fingerprint density at radius 2 is 2.43 bits per heavy atom. The smallest absolute Gasteiger partial charge is 0.165 e. The molecule has 0 radical (unpaired) electrons.